The average molecular weight is 399 g/mol. The lowest BCUT2D eigenvalue weighted by molar-refractivity contribution is 0.0958. The number of anilines is 1. The molecule has 0 spiro atoms. The van der Waals surface area contributed by atoms with Gasteiger partial charge in [-0.2, -0.15) is 0 Å². The number of furan rings is 1. The van der Waals surface area contributed by atoms with Gasteiger partial charge >= 0.3 is 0 Å². The molecule has 0 aliphatic carbocycles. The number of ether oxygens (including phenoxy) is 1. The Labute approximate surface area is 170 Å². The molecule has 1 amide bonds. The summed E-state index contributed by atoms with van der Waals surface area (Å²) >= 11 is 6.02. The lowest BCUT2D eigenvalue weighted by atomic mass is 10.0. The molecule has 28 heavy (non-hydrogen) atoms. The second-order valence-electron chi connectivity index (χ2n) is 6.63. The Hall–Kier alpha value is -2.76. The van der Waals surface area contributed by atoms with Crippen LogP contribution in [0.4, 0.5) is 5.69 Å². The van der Waals surface area contributed by atoms with Crippen LogP contribution in [0.15, 0.2) is 65.3 Å². The molecular formula is C22H23ClN2O3. The predicted molar refractivity (Wildman–Crippen MR) is 112 cm³/mol. The number of methoxy groups -OCH3 is 1. The molecule has 6 heteroatoms. The maximum Gasteiger partial charge on any atom is 0.293 e. The lowest BCUT2D eigenvalue weighted by Gasteiger charge is -2.25. The summed E-state index contributed by atoms with van der Waals surface area (Å²) in [5.74, 6) is 0.853. The van der Waals surface area contributed by atoms with Crippen LogP contribution in [-0.4, -0.2) is 45.1 Å². The summed E-state index contributed by atoms with van der Waals surface area (Å²) in [6.45, 7) is 1.24. The Morgan fingerprint density at radius 1 is 1.07 bits per heavy atom. The number of halogens is 1. The zero-order valence-corrected chi connectivity index (χ0v) is 16.9. The van der Waals surface area contributed by atoms with Crippen molar-refractivity contribution in [2.24, 2.45) is 0 Å². The van der Waals surface area contributed by atoms with E-state index in [9.17, 15) is 4.79 Å². The molecule has 0 radical (unpaired) electrons. The van der Waals surface area contributed by atoms with E-state index in [-0.39, 0.29) is 5.91 Å². The number of carbonyl (C=O) groups is 1. The monoisotopic (exact) mass is 398 g/mol. The third kappa shape index (κ3) is 4.55. The number of nitrogens with zero attached hydrogens (tertiary/aromatic N) is 2. The van der Waals surface area contributed by atoms with Gasteiger partial charge in [-0.3, -0.25) is 4.79 Å². The number of hydrogen-bond acceptors (Lipinski definition) is 4. The molecule has 3 rings (SSSR count). The van der Waals surface area contributed by atoms with Crippen LogP contribution in [0.1, 0.15) is 10.6 Å². The van der Waals surface area contributed by atoms with Crippen LogP contribution in [0, 0.1) is 0 Å². The molecule has 2 aromatic carbocycles. The van der Waals surface area contributed by atoms with E-state index in [1.54, 1.807) is 24.1 Å². The van der Waals surface area contributed by atoms with Crippen LogP contribution in [0.3, 0.4) is 0 Å². The predicted octanol–water partition coefficient (Wildman–Crippen LogP) is 4.82. The van der Waals surface area contributed by atoms with E-state index >= 15 is 0 Å². The van der Waals surface area contributed by atoms with Gasteiger partial charge in [-0.05, 0) is 62.1 Å². The number of carbonyl (C=O) groups excluding carboxylic acids is 1. The highest BCUT2D eigenvalue weighted by Gasteiger charge is 2.21. The maximum absolute atomic E-state index is 13.0. The fourth-order valence-corrected chi connectivity index (χ4v) is 3.03. The maximum atomic E-state index is 13.0. The fraction of sp³-hybridized carbons (Fsp3) is 0.227. The van der Waals surface area contributed by atoms with Gasteiger partial charge in [-0.15, -0.1) is 0 Å². The molecule has 0 fully saturated rings. The molecule has 0 N–H and O–H groups in total. The van der Waals surface area contributed by atoms with E-state index in [2.05, 4.69) is 0 Å². The molecule has 1 aromatic heterocycles. The summed E-state index contributed by atoms with van der Waals surface area (Å²) in [6.07, 6.45) is 1.50. The van der Waals surface area contributed by atoms with Crippen molar-refractivity contribution in [3.8, 4) is 16.9 Å². The molecule has 1 heterocycles. The molecule has 0 saturated carbocycles. The van der Waals surface area contributed by atoms with Crippen LogP contribution < -0.4 is 9.64 Å². The Kier molecular flexibility index (Phi) is 6.39. The molecular weight excluding hydrogens is 376 g/mol. The number of benzene rings is 2. The summed E-state index contributed by atoms with van der Waals surface area (Å²) in [6, 6.07) is 16.6. The minimum Gasteiger partial charge on any atom is -0.496 e. The third-order valence-corrected chi connectivity index (χ3v) is 4.65. The van der Waals surface area contributed by atoms with Crippen molar-refractivity contribution in [2.45, 2.75) is 0 Å². The number of hydrogen-bond donors (Lipinski definition) is 0. The first-order valence-corrected chi connectivity index (χ1v) is 9.31. The highest BCUT2D eigenvalue weighted by molar-refractivity contribution is 6.30. The second-order valence-corrected chi connectivity index (χ2v) is 7.07. The number of likely N-dealkylation sites (N-methyl/N-ethyl adjacent to an activating group) is 1. The van der Waals surface area contributed by atoms with Crippen LogP contribution in [0.2, 0.25) is 5.02 Å². The quantitative estimate of drug-likeness (QED) is 0.572. The molecule has 0 bridgehead atoms. The summed E-state index contributed by atoms with van der Waals surface area (Å²) in [4.78, 5) is 16.8. The van der Waals surface area contributed by atoms with Gasteiger partial charge in [0, 0.05) is 29.4 Å². The molecule has 0 atom stereocenters. The fourth-order valence-electron chi connectivity index (χ4n) is 2.90. The van der Waals surface area contributed by atoms with E-state index < -0.39 is 0 Å². The van der Waals surface area contributed by atoms with E-state index in [1.807, 2.05) is 61.5 Å². The van der Waals surface area contributed by atoms with E-state index in [0.29, 0.717) is 17.3 Å². The smallest absolute Gasteiger partial charge is 0.293 e. The summed E-state index contributed by atoms with van der Waals surface area (Å²) in [5.41, 5.74) is 2.62. The van der Waals surface area contributed by atoms with Crippen LogP contribution in [-0.2, 0) is 0 Å². The normalized spacial score (nSPS) is 10.9. The Morgan fingerprint density at radius 3 is 2.43 bits per heavy atom. The lowest BCUT2D eigenvalue weighted by Crippen LogP contribution is -2.36. The third-order valence-electron chi connectivity index (χ3n) is 4.40. The van der Waals surface area contributed by atoms with Gasteiger partial charge < -0.3 is 19.0 Å². The first-order valence-electron chi connectivity index (χ1n) is 8.93. The van der Waals surface area contributed by atoms with Crippen LogP contribution in [0.25, 0.3) is 11.1 Å². The molecule has 146 valence electrons. The molecule has 0 unspecified atom stereocenters. The molecule has 0 saturated heterocycles. The molecule has 3 aromatic rings. The Balaban J connectivity index is 2.02. The largest absolute Gasteiger partial charge is 0.496 e. The summed E-state index contributed by atoms with van der Waals surface area (Å²) in [7, 11) is 5.58. The molecule has 0 aliphatic heterocycles. The average Bonchev–Trinajstić information content (AvgIpc) is 3.23. The van der Waals surface area contributed by atoms with Crippen LogP contribution >= 0.6 is 11.6 Å². The van der Waals surface area contributed by atoms with E-state index in [1.165, 1.54) is 6.26 Å². The minimum absolute atomic E-state index is 0.181. The van der Waals surface area contributed by atoms with Gasteiger partial charge in [0.2, 0.25) is 0 Å². The van der Waals surface area contributed by atoms with Gasteiger partial charge in [0.05, 0.1) is 13.4 Å². The first kappa shape index (κ1) is 20.0. The van der Waals surface area contributed by atoms with Gasteiger partial charge in [-0.25, -0.2) is 0 Å². The number of amides is 1. The Bertz CT molecular complexity index is 921. The summed E-state index contributed by atoms with van der Waals surface area (Å²) in [5, 5.41) is 0.666. The second kappa shape index (κ2) is 8.95. The van der Waals surface area contributed by atoms with Crippen molar-refractivity contribution in [3.05, 3.63) is 71.6 Å². The zero-order chi connectivity index (χ0) is 20.1. The van der Waals surface area contributed by atoms with Crippen LogP contribution in [0.5, 0.6) is 5.75 Å². The Morgan fingerprint density at radius 2 is 1.82 bits per heavy atom. The molecule has 0 aliphatic rings. The van der Waals surface area contributed by atoms with Crippen molar-refractivity contribution in [3.63, 3.8) is 0 Å². The van der Waals surface area contributed by atoms with E-state index in [0.717, 1.165) is 29.1 Å². The standard InChI is InChI=1S/C22H23ClN2O3/c1-24(2)12-13-25(22(26)21-5-4-14-28-21)18-10-11-20(27-3)19(15-18)16-6-8-17(23)9-7-16/h4-11,14-15H,12-13H2,1-3H3. The van der Waals surface area contributed by atoms with Crippen molar-refractivity contribution in [2.75, 3.05) is 39.2 Å². The van der Waals surface area contributed by atoms with Crippen molar-refractivity contribution in [1.29, 1.82) is 0 Å². The SMILES string of the molecule is COc1ccc(N(CCN(C)C)C(=O)c2ccco2)cc1-c1ccc(Cl)cc1. The van der Waals surface area contributed by atoms with Gasteiger partial charge in [-0.1, -0.05) is 23.7 Å². The van der Waals surface area contributed by atoms with Crippen molar-refractivity contribution >= 4 is 23.2 Å². The minimum atomic E-state index is -0.181. The van der Waals surface area contributed by atoms with Crippen molar-refractivity contribution < 1.29 is 13.9 Å². The number of rotatable bonds is 7. The summed E-state index contributed by atoms with van der Waals surface area (Å²) < 4.78 is 10.9. The van der Waals surface area contributed by atoms with Gasteiger partial charge in [0.25, 0.3) is 5.91 Å². The highest BCUT2D eigenvalue weighted by atomic mass is 35.5. The zero-order valence-electron chi connectivity index (χ0n) is 16.2. The van der Waals surface area contributed by atoms with Crippen molar-refractivity contribution in [1.82, 2.24) is 4.90 Å². The topological polar surface area (TPSA) is 45.9 Å². The van der Waals surface area contributed by atoms with Gasteiger partial charge in [0.1, 0.15) is 5.75 Å². The van der Waals surface area contributed by atoms with Gasteiger partial charge in [0.15, 0.2) is 5.76 Å². The highest BCUT2D eigenvalue weighted by Crippen LogP contribution is 2.34. The first-order chi connectivity index (χ1) is 13.5. The molecule has 5 nitrogen and oxygen atoms in total. The van der Waals surface area contributed by atoms with E-state index in [4.69, 9.17) is 20.8 Å².